The number of nitrogens with zero attached hydrogens (tertiary/aromatic N) is 1. The Bertz CT molecular complexity index is 961. The quantitative estimate of drug-likeness (QED) is 0.365. The van der Waals surface area contributed by atoms with Crippen LogP contribution >= 0.6 is 15.9 Å². The average molecular weight is 493 g/mol. The maximum Gasteiger partial charge on any atom is 0.341 e. The Morgan fingerprint density at radius 2 is 1.97 bits per heavy atom. The van der Waals surface area contributed by atoms with Crippen LogP contribution in [-0.4, -0.2) is 44.0 Å². The number of rotatable bonds is 11. The monoisotopic (exact) mass is 492 g/mol. The molecule has 166 valence electrons. The number of amides is 1. The highest BCUT2D eigenvalue weighted by atomic mass is 79.9. The molecule has 1 amide bonds. The van der Waals surface area contributed by atoms with Crippen LogP contribution in [0.25, 0.3) is 0 Å². The smallest absolute Gasteiger partial charge is 0.341 e. The third kappa shape index (κ3) is 7.60. The van der Waals surface area contributed by atoms with Crippen molar-refractivity contribution in [3.63, 3.8) is 0 Å². The van der Waals surface area contributed by atoms with Gasteiger partial charge in [0.1, 0.15) is 5.75 Å². The van der Waals surface area contributed by atoms with Crippen molar-refractivity contribution < 1.29 is 28.9 Å². The summed E-state index contributed by atoms with van der Waals surface area (Å²) in [7, 11) is 3.08. The summed E-state index contributed by atoms with van der Waals surface area (Å²) in [5.41, 5.74) is 5.46. The second kappa shape index (κ2) is 11.9. The number of carbonyl (C=O) groups is 2. The Balaban J connectivity index is 1.88. The van der Waals surface area contributed by atoms with Gasteiger partial charge in [0, 0.05) is 6.42 Å². The van der Waals surface area contributed by atoms with Gasteiger partial charge in [0.2, 0.25) is 5.91 Å². The number of aliphatic carboxylic acids is 1. The predicted molar refractivity (Wildman–Crippen MR) is 120 cm³/mol. The summed E-state index contributed by atoms with van der Waals surface area (Å²) in [6.45, 7) is 1.53. The number of nitrogens with one attached hydrogen (secondary N) is 1. The van der Waals surface area contributed by atoms with E-state index in [1.807, 2.05) is 25.1 Å². The number of benzene rings is 2. The normalized spacial score (nSPS) is 10.7. The van der Waals surface area contributed by atoms with Crippen molar-refractivity contribution in [3.05, 3.63) is 51.5 Å². The van der Waals surface area contributed by atoms with Gasteiger partial charge in [0.25, 0.3) is 0 Å². The van der Waals surface area contributed by atoms with Crippen LogP contribution in [0.4, 0.5) is 0 Å². The van der Waals surface area contributed by atoms with Crippen LogP contribution in [0.3, 0.4) is 0 Å². The molecule has 0 atom stereocenters. The number of carboxylic acids is 1. The van der Waals surface area contributed by atoms with Crippen LogP contribution in [0.5, 0.6) is 17.2 Å². The average Bonchev–Trinajstić information content (AvgIpc) is 2.73. The zero-order chi connectivity index (χ0) is 22.8. The molecule has 9 heteroatoms. The van der Waals surface area contributed by atoms with Crippen LogP contribution < -0.4 is 19.6 Å². The van der Waals surface area contributed by atoms with Gasteiger partial charge in [-0.1, -0.05) is 6.07 Å². The highest BCUT2D eigenvalue weighted by Crippen LogP contribution is 2.36. The van der Waals surface area contributed by atoms with Gasteiger partial charge in [-0.05, 0) is 76.7 Å². The second-order valence-electron chi connectivity index (χ2n) is 6.66. The van der Waals surface area contributed by atoms with E-state index in [0.29, 0.717) is 28.6 Å². The molecule has 2 aromatic carbocycles. The standard InChI is InChI=1S/C22H25BrN2O6/c1-14-9-17(29-2)8-7-16(14)5-4-6-20(26)25-24-12-15-10-18(23)22(19(11-15)30-3)31-13-21(27)28/h7-12H,4-6,13H2,1-3H3,(H,25,26)(H,27,28)/b24-12-. The van der Waals surface area contributed by atoms with Gasteiger partial charge in [-0.2, -0.15) is 5.10 Å². The van der Waals surface area contributed by atoms with E-state index in [9.17, 15) is 9.59 Å². The number of hydrogen-bond acceptors (Lipinski definition) is 6. The zero-order valence-electron chi connectivity index (χ0n) is 17.6. The third-order valence-electron chi connectivity index (χ3n) is 4.39. The Hall–Kier alpha value is -3.07. The summed E-state index contributed by atoms with van der Waals surface area (Å²) in [6, 6.07) is 9.21. The number of carbonyl (C=O) groups excluding carboxylic acids is 1. The molecule has 0 saturated heterocycles. The first-order chi connectivity index (χ1) is 14.8. The lowest BCUT2D eigenvalue weighted by Crippen LogP contribution is -2.17. The van der Waals surface area contributed by atoms with E-state index in [1.54, 1.807) is 19.2 Å². The fraction of sp³-hybridized carbons (Fsp3) is 0.318. The van der Waals surface area contributed by atoms with Gasteiger partial charge < -0.3 is 19.3 Å². The predicted octanol–water partition coefficient (Wildman–Crippen LogP) is 3.71. The molecule has 0 radical (unpaired) electrons. The number of carboxylic acid groups (broad SMARTS) is 1. The van der Waals surface area contributed by atoms with Crippen molar-refractivity contribution in [2.75, 3.05) is 20.8 Å². The Morgan fingerprint density at radius 1 is 1.19 bits per heavy atom. The molecular weight excluding hydrogens is 468 g/mol. The highest BCUT2D eigenvalue weighted by molar-refractivity contribution is 9.10. The van der Waals surface area contributed by atoms with E-state index < -0.39 is 12.6 Å². The Kier molecular flexibility index (Phi) is 9.33. The van der Waals surface area contributed by atoms with Crippen molar-refractivity contribution >= 4 is 34.0 Å². The number of hydrogen-bond donors (Lipinski definition) is 2. The van der Waals surface area contributed by atoms with Gasteiger partial charge in [-0.3, -0.25) is 4.79 Å². The summed E-state index contributed by atoms with van der Waals surface area (Å²) in [4.78, 5) is 22.8. The molecule has 0 heterocycles. The van der Waals surface area contributed by atoms with Gasteiger partial charge in [-0.15, -0.1) is 0 Å². The summed E-state index contributed by atoms with van der Waals surface area (Å²) in [5, 5.41) is 12.7. The first kappa shape index (κ1) is 24.2. The maximum absolute atomic E-state index is 12.0. The topological polar surface area (TPSA) is 106 Å². The van der Waals surface area contributed by atoms with Gasteiger partial charge in [-0.25, -0.2) is 10.2 Å². The van der Waals surface area contributed by atoms with Crippen LogP contribution in [0.2, 0.25) is 0 Å². The molecule has 0 saturated carbocycles. The van der Waals surface area contributed by atoms with Crippen molar-refractivity contribution in [3.8, 4) is 17.2 Å². The Morgan fingerprint density at radius 3 is 2.61 bits per heavy atom. The summed E-state index contributed by atoms with van der Waals surface area (Å²) in [5.74, 6) is 0.163. The lowest BCUT2D eigenvalue weighted by molar-refractivity contribution is -0.139. The largest absolute Gasteiger partial charge is 0.497 e. The van der Waals surface area contributed by atoms with Crippen molar-refractivity contribution in [1.29, 1.82) is 0 Å². The van der Waals surface area contributed by atoms with Crippen molar-refractivity contribution in [2.24, 2.45) is 5.10 Å². The molecule has 0 aromatic heterocycles. The fourth-order valence-corrected chi connectivity index (χ4v) is 3.41. The number of ether oxygens (including phenoxy) is 3. The van der Waals surface area contributed by atoms with Crippen molar-refractivity contribution in [2.45, 2.75) is 26.2 Å². The second-order valence-corrected chi connectivity index (χ2v) is 7.51. The molecule has 2 aromatic rings. The SMILES string of the molecule is COc1ccc(CCCC(=O)N/N=C\c2cc(Br)c(OCC(=O)O)c(OC)c2)c(C)c1. The summed E-state index contributed by atoms with van der Waals surface area (Å²) in [6.07, 6.45) is 3.30. The van der Waals surface area contributed by atoms with Crippen LogP contribution in [0, 0.1) is 6.92 Å². The minimum atomic E-state index is -1.09. The number of methoxy groups -OCH3 is 2. The maximum atomic E-state index is 12.0. The van der Waals surface area contributed by atoms with E-state index in [-0.39, 0.29) is 11.7 Å². The van der Waals surface area contributed by atoms with E-state index in [0.717, 1.165) is 17.7 Å². The molecule has 2 rings (SSSR count). The van der Waals surface area contributed by atoms with Gasteiger partial charge >= 0.3 is 5.97 Å². The molecule has 31 heavy (non-hydrogen) atoms. The third-order valence-corrected chi connectivity index (χ3v) is 4.98. The Labute approximate surface area is 189 Å². The van der Waals surface area contributed by atoms with Crippen molar-refractivity contribution in [1.82, 2.24) is 5.43 Å². The first-order valence-corrected chi connectivity index (χ1v) is 10.3. The molecule has 2 N–H and O–H groups in total. The molecule has 0 bridgehead atoms. The van der Waals surface area contributed by atoms with Crippen LogP contribution in [0.1, 0.15) is 29.5 Å². The lowest BCUT2D eigenvalue weighted by Gasteiger charge is -2.12. The molecule has 0 aliphatic heterocycles. The molecule has 0 spiro atoms. The number of aryl methyl sites for hydroxylation is 2. The van der Waals surface area contributed by atoms with Crippen LogP contribution in [0.15, 0.2) is 39.9 Å². The van der Waals surface area contributed by atoms with Crippen LogP contribution in [-0.2, 0) is 16.0 Å². The zero-order valence-corrected chi connectivity index (χ0v) is 19.2. The van der Waals surface area contributed by atoms with E-state index in [4.69, 9.17) is 19.3 Å². The first-order valence-electron chi connectivity index (χ1n) is 9.51. The minimum Gasteiger partial charge on any atom is -0.497 e. The molecule has 0 fully saturated rings. The van der Waals surface area contributed by atoms with Gasteiger partial charge in [0.05, 0.1) is 24.9 Å². The molecule has 0 aliphatic carbocycles. The number of hydrazone groups is 1. The molecular formula is C22H25BrN2O6. The van der Waals surface area contributed by atoms with E-state index in [2.05, 4.69) is 26.5 Å². The lowest BCUT2D eigenvalue weighted by atomic mass is 10.0. The molecule has 0 aliphatic rings. The highest BCUT2D eigenvalue weighted by Gasteiger charge is 2.13. The van der Waals surface area contributed by atoms with E-state index in [1.165, 1.54) is 18.9 Å². The minimum absolute atomic E-state index is 0.185. The summed E-state index contributed by atoms with van der Waals surface area (Å²) >= 11 is 3.33. The molecule has 8 nitrogen and oxygen atoms in total. The summed E-state index contributed by atoms with van der Waals surface area (Å²) < 4.78 is 16.2. The number of halogens is 1. The van der Waals surface area contributed by atoms with Gasteiger partial charge in [0.15, 0.2) is 18.1 Å². The van der Waals surface area contributed by atoms with E-state index >= 15 is 0 Å². The fourth-order valence-electron chi connectivity index (χ4n) is 2.84. The molecule has 0 unspecified atom stereocenters.